The van der Waals surface area contributed by atoms with E-state index in [0.29, 0.717) is 12.8 Å². The predicted octanol–water partition coefficient (Wildman–Crippen LogP) is 3.99. The number of hydrogen-bond donors (Lipinski definition) is 0. The van der Waals surface area contributed by atoms with E-state index in [1.165, 1.54) is 4.90 Å². The van der Waals surface area contributed by atoms with Crippen molar-refractivity contribution in [1.29, 1.82) is 0 Å². The van der Waals surface area contributed by atoms with Crippen LogP contribution in [-0.2, 0) is 23.6 Å². The summed E-state index contributed by atoms with van der Waals surface area (Å²) >= 11 is 0. The van der Waals surface area contributed by atoms with E-state index >= 15 is 0 Å². The average Bonchev–Trinajstić information content (AvgIpc) is 2.63. The van der Waals surface area contributed by atoms with Gasteiger partial charge in [0.2, 0.25) is 5.91 Å². The van der Waals surface area contributed by atoms with E-state index in [9.17, 15) is 18.6 Å². The van der Waals surface area contributed by atoms with Crippen LogP contribution < -0.4 is 0 Å². The molecule has 0 saturated carbocycles. The molecule has 28 heavy (non-hydrogen) atoms. The van der Waals surface area contributed by atoms with E-state index in [1.807, 2.05) is 6.92 Å². The van der Waals surface area contributed by atoms with Gasteiger partial charge in [0.15, 0.2) is 0 Å². The van der Waals surface area contributed by atoms with E-state index in [2.05, 4.69) is 14.5 Å². The van der Waals surface area contributed by atoms with Crippen molar-refractivity contribution in [2.24, 2.45) is 22.9 Å². The smallest absolute Gasteiger partial charge is 0.313 e. The largest absolute Gasteiger partial charge is 0.465 e. The van der Waals surface area contributed by atoms with Crippen molar-refractivity contribution in [3.05, 3.63) is 10.4 Å². The predicted molar refractivity (Wildman–Crippen MR) is 108 cm³/mol. The van der Waals surface area contributed by atoms with Crippen LogP contribution >= 0.6 is 17.1 Å². The first-order valence-electron chi connectivity index (χ1n) is 8.95. The van der Waals surface area contributed by atoms with Gasteiger partial charge in [-0.1, -0.05) is 19.0 Å². The van der Waals surface area contributed by atoms with Gasteiger partial charge in [-0.2, -0.15) is 4.20 Å². The van der Waals surface area contributed by atoms with Gasteiger partial charge in [-0.05, 0) is 40.1 Å². The monoisotopic (exact) mass is 438 g/mol. The summed E-state index contributed by atoms with van der Waals surface area (Å²) in [5.74, 6) is -3.18. The summed E-state index contributed by atoms with van der Waals surface area (Å²) in [5, 5.41) is 3.36. The fourth-order valence-corrected chi connectivity index (χ4v) is 3.27. The van der Waals surface area contributed by atoms with Crippen LogP contribution in [0.3, 0.4) is 0 Å². The normalized spacial score (nSPS) is 14.8. The molecule has 9 nitrogen and oxygen atoms in total. The molecule has 0 spiro atoms. The van der Waals surface area contributed by atoms with Gasteiger partial charge in [0.05, 0.1) is 18.4 Å². The lowest BCUT2D eigenvalue weighted by Gasteiger charge is -2.25. The maximum atomic E-state index is 12.9. The molecule has 0 aromatic carbocycles. The molecule has 0 aromatic heterocycles. The van der Waals surface area contributed by atoms with E-state index in [-0.39, 0.29) is 31.9 Å². The minimum atomic E-state index is -2.40. The Labute approximate surface area is 168 Å². The molecule has 0 aromatic rings. The van der Waals surface area contributed by atoms with E-state index < -0.39 is 37.8 Å². The Balaban J connectivity index is 4.98. The molecule has 0 N–H and O–H groups in total. The number of nitrogens with zero attached hydrogens (tertiary/aromatic N) is 4. The maximum Gasteiger partial charge on any atom is 0.313 e. The third-order valence-corrected chi connectivity index (χ3v) is 4.78. The van der Waals surface area contributed by atoms with Crippen LogP contribution in [0.15, 0.2) is 5.11 Å². The molecule has 5 atom stereocenters. The number of halogens is 1. The minimum Gasteiger partial charge on any atom is -0.465 e. The highest BCUT2D eigenvalue weighted by Gasteiger charge is 2.32. The Morgan fingerprint density at radius 3 is 2.39 bits per heavy atom. The van der Waals surface area contributed by atoms with Gasteiger partial charge in [-0.15, -0.1) is 0 Å². The van der Waals surface area contributed by atoms with Gasteiger partial charge in [-0.25, -0.2) is 0 Å². The Morgan fingerprint density at radius 2 is 1.89 bits per heavy atom. The molecule has 0 bridgehead atoms. The number of esters is 1. The topological polar surface area (TPSA) is 122 Å². The number of azide groups is 1. The van der Waals surface area contributed by atoms with Gasteiger partial charge in [0.25, 0.3) is 8.15 Å². The second-order valence-electron chi connectivity index (χ2n) is 6.57. The average molecular weight is 438 g/mol. The summed E-state index contributed by atoms with van der Waals surface area (Å²) < 4.78 is 22.7. The van der Waals surface area contributed by atoms with Crippen molar-refractivity contribution in [1.82, 2.24) is 4.90 Å². The van der Waals surface area contributed by atoms with Gasteiger partial charge >= 0.3 is 11.9 Å². The Kier molecular flexibility index (Phi) is 13.7. The van der Waals surface area contributed by atoms with Gasteiger partial charge in [0.1, 0.15) is 0 Å². The fraction of sp³-hybridized carbons (Fsp3) is 0.812. The van der Waals surface area contributed by atoms with Gasteiger partial charge in [0, 0.05) is 31.5 Å². The second kappa shape index (κ2) is 14.5. The maximum absolute atomic E-state index is 12.9. The molecule has 0 aliphatic rings. The lowest BCUT2D eigenvalue weighted by atomic mass is 9.85. The van der Waals surface area contributed by atoms with Crippen LogP contribution in [0.5, 0.6) is 0 Å². The van der Waals surface area contributed by atoms with Crippen LogP contribution in [0.2, 0.25) is 0 Å². The van der Waals surface area contributed by atoms with Crippen molar-refractivity contribution < 1.29 is 27.8 Å². The molecule has 5 unspecified atom stereocenters. The molecule has 0 rings (SSSR count). The lowest BCUT2D eigenvalue weighted by Crippen LogP contribution is -2.34. The quantitative estimate of drug-likeness (QED) is 0.107. The highest BCUT2D eigenvalue weighted by Crippen LogP contribution is 2.47. The first-order valence-corrected chi connectivity index (χ1v) is 11.7. The zero-order valence-corrected chi connectivity index (χ0v) is 18.8. The van der Waals surface area contributed by atoms with Crippen molar-refractivity contribution in [2.45, 2.75) is 39.5 Å². The first-order chi connectivity index (χ1) is 13.1. The SMILES string of the molecule is CCC(CC(CC(C)C(=O)OP(F)P)C(=O)N(C)C)C(=O)OCCCN=[N+]=[N-]. The van der Waals surface area contributed by atoms with Gasteiger partial charge in [-0.3, -0.25) is 14.4 Å². The molecule has 0 saturated heterocycles. The molecule has 160 valence electrons. The third-order valence-electron chi connectivity index (χ3n) is 4.11. The zero-order chi connectivity index (χ0) is 21.7. The molecular weight excluding hydrogens is 409 g/mol. The molecule has 0 heterocycles. The molecule has 0 aliphatic heterocycles. The zero-order valence-electron chi connectivity index (χ0n) is 16.7. The fourth-order valence-electron chi connectivity index (χ4n) is 2.61. The minimum absolute atomic E-state index is 0.123. The second-order valence-corrected chi connectivity index (χ2v) is 8.51. The number of ether oxygens (including phenoxy) is 1. The Morgan fingerprint density at radius 1 is 1.25 bits per heavy atom. The highest BCUT2D eigenvalue weighted by molar-refractivity contribution is 8.08. The summed E-state index contributed by atoms with van der Waals surface area (Å²) in [6.07, 6.45) is 1.24. The van der Waals surface area contributed by atoms with Crippen LogP contribution in [0.4, 0.5) is 4.20 Å². The van der Waals surface area contributed by atoms with Crippen LogP contribution in [0, 0.1) is 17.8 Å². The van der Waals surface area contributed by atoms with E-state index in [0.717, 1.165) is 0 Å². The molecule has 0 radical (unpaired) electrons. The number of carbonyl (C=O) groups is 3. The third kappa shape index (κ3) is 10.7. The molecule has 12 heteroatoms. The molecule has 0 fully saturated rings. The standard InChI is InChI=1S/C16H29FN4O5P2/c1-5-12(16(24)25-8-6-7-19-20-18)10-13(14(22)21(3)4)9-11(2)15(23)26-28(17)27/h11-13H,5-10,27H2,1-4H3. The van der Waals surface area contributed by atoms with Gasteiger partial charge < -0.3 is 14.2 Å². The Hall–Kier alpha value is -1.49. The van der Waals surface area contributed by atoms with Crippen molar-refractivity contribution >= 4 is 34.9 Å². The summed E-state index contributed by atoms with van der Waals surface area (Å²) in [6.45, 7) is 3.73. The Bertz CT molecular complexity index is 573. The number of amides is 1. The van der Waals surface area contributed by atoms with Crippen LogP contribution in [0.25, 0.3) is 10.4 Å². The first kappa shape index (κ1) is 26.5. The number of carbonyl (C=O) groups excluding carboxylic acids is 3. The highest BCUT2D eigenvalue weighted by atomic mass is 32.0. The van der Waals surface area contributed by atoms with E-state index in [4.69, 9.17) is 10.3 Å². The summed E-state index contributed by atoms with van der Waals surface area (Å²) in [4.78, 5) is 40.7. The molecular formula is C16H29FN4O5P2. The van der Waals surface area contributed by atoms with E-state index in [1.54, 1.807) is 29.9 Å². The van der Waals surface area contributed by atoms with Crippen molar-refractivity contribution in [2.75, 3.05) is 27.2 Å². The van der Waals surface area contributed by atoms with Crippen molar-refractivity contribution in [3.63, 3.8) is 0 Å². The number of hydrogen-bond acceptors (Lipinski definition) is 6. The summed E-state index contributed by atoms with van der Waals surface area (Å²) in [5.41, 5.74) is 8.22. The molecule has 0 aliphatic carbocycles. The summed E-state index contributed by atoms with van der Waals surface area (Å²) in [7, 11) is 2.58. The number of rotatable bonds is 13. The lowest BCUT2D eigenvalue weighted by molar-refractivity contribution is -0.150. The summed E-state index contributed by atoms with van der Waals surface area (Å²) in [6, 6.07) is 0. The molecule has 1 amide bonds. The van der Waals surface area contributed by atoms with Crippen molar-refractivity contribution in [3.8, 4) is 0 Å². The van der Waals surface area contributed by atoms with Crippen LogP contribution in [0.1, 0.15) is 39.5 Å². The van der Waals surface area contributed by atoms with Crippen LogP contribution in [-0.4, -0.2) is 50.0 Å².